The van der Waals surface area contributed by atoms with Gasteiger partial charge >= 0.3 is 11.7 Å². The van der Waals surface area contributed by atoms with Gasteiger partial charge in [0.15, 0.2) is 0 Å². The Balaban J connectivity index is 1.40. The zero-order valence-electron chi connectivity index (χ0n) is 21.4. The number of aryl methyl sites for hydroxylation is 1. The lowest BCUT2D eigenvalue weighted by Gasteiger charge is -2.10. The molecule has 0 aliphatic heterocycles. The van der Waals surface area contributed by atoms with Gasteiger partial charge in [0.2, 0.25) is 5.76 Å². The lowest BCUT2D eigenvalue weighted by atomic mass is 10.1. The summed E-state index contributed by atoms with van der Waals surface area (Å²) in [7, 11) is 0. The number of nitro groups is 1. The third kappa shape index (κ3) is 6.18. The smallest absolute Gasteiger partial charge is 0.371 e. The first-order valence-corrected chi connectivity index (χ1v) is 11.8. The van der Waals surface area contributed by atoms with Gasteiger partial charge in [-0.1, -0.05) is 18.2 Å². The average Bonchev–Trinajstić information content (AvgIpc) is 3.50. The number of hydrogen-bond donors (Lipinski definition) is 2. The summed E-state index contributed by atoms with van der Waals surface area (Å²) in [5.41, 5.74) is 5.55. The second-order valence-electron chi connectivity index (χ2n) is 8.61. The number of aromatic nitrogens is 2. The standard InChI is InChI=1S/C27H25N5O7/c1-16(19-8-10-21(11-9-19)38-15-22-12-13-24(39-22)27(34)35)28-29-26(33)23-7-5-4-6-20(23)14-31-18(3)25(32(36)37)17(2)30-31/h4-13H,14-15H2,1-3H3,(H,29,33)(H,34,35)/b28-16-. The van der Waals surface area contributed by atoms with Crippen molar-refractivity contribution in [2.75, 3.05) is 0 Å². The number of aromatic carboxylic acids is 1. The van der Waals surface area contributed by atoms with Gasteiger partial charge in [-0.15, -0.1) is 0 Å². The summed E-state index contributed by atoms with van der Waals surface area (Å²) in [5.74, 6) is -0.808. The molecule has 1 amide bonds. The predicted molar refractivity (Wildman–Crippen MR) is 140 cm³/mol. The van der Waals surface area contributed by atoms with Gasteiger partial charge in [-0.05, 0) is 74.4 Å². The van der Waals surface area contributed by atoms with Gasteiger partial charge < -0.3 is 14.3 Å². The van der Waals surface area contributed by atoms with E-state index in [-0.39, 0.29) is 24.6 Å². The fraction of sp³-hybridized carbons (Fsp3) is 0.185. The maximum Gasteiger partial charge on any atom is 0.371 e. The van der Waals surface area contributed by atoms with Gasteiger partial charge in [0.1, 0.15) is 29.5 Å². The number of carboxylic acid groups (broad SMARTS) is 1. The van der Waals surface area contributed by atoms with Gasteiger partial charge in [0.05, 0.1) is 17.2 Å². The number of hydrazone groups is 1. The van der Waals surface area contributed by atoms with Gasteiger partial charge in [0.25, 0.3) is 5.91 Å². The summed E-state index contributed by atoms with van der Waals surface area (Å²) in [5, 5.41) is 28.7. The van der Waals surface area contributed by atoms with Crippen LogP contribution in [0.2, 0.25) is 0 Å². The van der Waals surface area contributed by atoms with Crippen LogP contribution in [0.4, 0.5) is 5.69 Å². The van der Waals surface area contributed by atoms with Crippen molar-refractivity contribution in [3.63, 3.8) is 0 Å². The Bertz CT molecular complexity index is 1570. The molecule has 0 fully saturated rings. The average molecular weight is 532 g/mol. The van der Waals surface area contributed by atoms with E-state index < -0.39 is 16.8 Å². The molecule has 12 heteroatoms. The van der Waals surface area contributed by atoms with Crippen LogP contribution in [0.15, 0.2) is 70.2 Å². The fourth-order valence-corrected chi connectivity index (χ4v) is 3.92. The molecule has 2 aromatic heterocycles. The van der Waals surface area contributed by atoms with Crippen LogP contribution < -0.4 is 10.2 Å². The maximum atomic E-state index is 13.0. The number of ether oxygens (including phenoxy) is 1. The minimum Gasteiger partial charge on any atom is -0.486 e. The largest absolute Gasteiger partial charge is 0.486 e. The minimum atomic E-state index is -1.15. The van der Waals surface area contributed by atoms with E-state index in [2.05, 4.69) is 15.6 Å². The number of carbonyl (C=O) groups is 2. The zero-order valence-corrected chi connectivity index (χ0v) is 21.4. The third-order valence-electron chi connectivity index (χ3n) is 5.96. The first-order chi connectivity index (χ1) is 18.6. The molecule has 2 aromatic carbocycles. The number of hydrogen-bond acceptors (Lipinski definition) is 8. The summed E-state index contributed by atoms with van der Waals surface area (Å²) in [6.45, 7) is 5.20. The van der Waals surface area contributed by atoms with Gasteiger partial charge in [-0.2, -0.15) is 10.2 Å². The molecule has 2 heterocycles. The Morgan fingerprint density at radius 2 is 1.85 bits per heavy atom. The topological polar surface area (TPSA) is 162 Å². The Morgan fingerprint density at radius 1 is 1.13 bits per heavy atom. The number of carbonyl (C=O) groups excluding carboxylic acids is 1. The number of furan rings is 1. The number of carboxylic acids is 1. The van der Waals surface area contributed by atoms with Crippen LogP contribution in [0.1, 0.15) is 56.1 Å². The predicted octanol–water partition coefficient (Wildman–Crippen LogP) is 4.48. The lowest BCUT2D eigenvalue weighted by Crippen LogP contribution is -2.21. The van der Waals surface area contributed by atoms with Gasteiger partial charge in [0, 0.05) is 5.56 Å². The van der Waals surface area contributed by atoms with Crippen molar-refractivity contribution in [1.29, 1.82) is 0 Å². The van der Waals surface area contributed by atoms with Crippen LogP contribution >= 0.6 is 0 Å². The van der Waals surface area contributed by atoms with Crippen molar-refractivity contribution < 1.29 is 28.8 Å². The van der Waals surface area contributed by atoms with Crippen LogP contribution in [0.25, 0.3) is 0 Å². The van der Waals surface area contributed by atoms with Crippen LogP contribution in [-0.4, -0.2) is 37.4 Å². The molecule has 0 radical (unpaired) electrons. The van der Waals surface area contributed by atoms with Crippen LogP contribution in [-0.2, 0) is 13.2 Å². The number of benzene rings is 2. The van der Waals surface area contributed by atoms with E-state index >= 15 is 0 Å². The van der Waals surface area contributed by atoms with Gasteiger partial charge in [-0.3, -0.25) is 19.6 Å². The van der Waals surface area contributed by atoms with Crippen molar-refractivity contribution in [3.8, 4) is 5.75 Å². The number of rotatable bonds is 10. The maximum absolute atomic E-state index is 13.0. The zero-order chi connectivity index (χ0) is 28.1. The first-order valence-electron chi connectivity index (χ1n) is 11.8. The highest BCUT2D eigenvalue weighted by Gasteiger charge is 2.22. The molecule has 0 aliphatic carbocycles. The molecule has 0 unspecified atom stereocenters. The molecule has 12 nitrogen and oxygen atoms in total. The highest BCUT2D eigenvalue weighted by molar-refractivity contribution is 6.01. The second kappa shape index (κ2) is 11.4. The molecular weight excluding hydrogens is 506 g/mol. The highest BCUT2D eigenvalue weighted by Crippen LogP contribution is 2.23. The molecule has 200 valence electrons. The monoisotopic (exact) mass is 531 g/mol. The molecule has 2 N–H and O–H groups in total. The molecule has 0 saturated carbocycles. The summed E-state index contributed by atoms with van der Waals surface area (Å²) in [6, 6.07) is 16.8. The highest BCUT2D eigenvalue weighted by atomic mass is 16.6. The van der Waals surface area contributed by atoms with Crippen molar-refractivity contribution >= 4 is 23.3 Å². The van der Waals surface area contributed by atoms with E-state index in [1.54, 1.807) is 69.3 Å². The van der Waals surface area contributed by atoms with Crippen LogP contribution in [0, 0.1) is 24.0 Å². The molecule has 39 heavy (non-hydrogen) atoms. The normalized spacial score (nSPS) is 11.3. The van der Waals surface area contributed by atoms with Crippen molar-refractivity contribution in [1.82, 2.24) is 15.2 Å². The second-order valence-corrected chi connectivity index (χ2v) is 8.61. The fourth-order valence-electron chi connectivity index (χ4n) is 3.92. The summed E-state index contributed by atoms with van der Waals surface area (Å²) in [4.78, 5) is 34.7. The molecule has 0 saturated heterocycles. The Morgan fingerprint density at radius 3 is 2.49 bits per heavy atom. The quantitative estimate of drug-likeness (QED) is 0.172. The SMILES string of the molecule is C/C(=N/NC(=O)c1ccccc1Cn1nc(C)c([N+](=O)[O-])c1C)c1ccc(OCc2ccc(C(=O)O)o2)cc1. The molecule has 0 bridgehead atoms. The Labute approximate surface area is 222 Å². The molecule has 0 spiro atoms. The molecule has 4 rings (SSSR count). The van der Waals surface area contributed by atoms with E-state index in [1.165, 1.54) is 16.8 Å². The minimum absolute atomic E-state index is 0.0399. The third-order valence-corrected chi connectivity index (χ3v) is 5.96. The van der Waals surface area contributed by atoms with Crippen molar-refractivity contribution in [2.45, 2.75) is 33.9 Å². The summed E-state index contributed by atoms with van der Waals surface area (Å²) < 4.78 is 12.3. The number of nitrogens with one attached hydrogen (secondary N) is 1. The first kappa shape index (κ1) is 26.8. The van der Waals surface area contributed by atoms with Crippen LogP contribution in [0.5, 0.6) is 5.75 Å². The van der Waals surface area contributed by atoms with Gasteiger partial charge in [-0.25, -0.2) is 10.2 Å². The summed E-state index contributed by atoms with van der Waals surface area (Å²) >= 11 is 0. The number of nitrogens with zero attached hydrogens (tertiary/aromatic N) is 4. The lowest BCUT2D eigenvalue weighted by molar-refractivity contribution is -0.386. The van der Waals surface area contributed by atoms with E-state index in [9.17, 15) is 19.7 Å². The van der Waals surface area contributed by atoms with Crippen molar-refractivity contribution in [2.24, 2.45) is 5.10 Å². The number of amides is 1. The van der Waals surface area contributed by atoms with E-state index in [0.717, 1.165) is 5.56 Å². The Kier molecular flexibility index (Phi) is 7.85. The molecule has 4 aromatic rings. The summed E-state index contributed by atoms with van der Waals surface area (Å²) in [6.07, 6.45) is 0. The van der Waals surface area contributed by atoms with Crippen LogP contribution in [0.3, 0.4) is 0 Å². The van der Waals surface area contributed by atoms with Crippen molar-refractivity contribution in [3.05, 3.63) is 110 Å². The molecule has 0 atom stereocenters. The molecule has 0 aliphatic rings. The van der Waals surface area contributed by atoms with E-state index in [4.69, 9.17) is 14.3 Å². The van der Waals surface area contributed by atoms with E-state index in [0.29, 0.717) is 39.7 Å². The Hall–Kier alpha value is -5.26. The van der Waals surface area contributed by atoms with E-state index in [1.807, 2.05) is 0 Å². The molecular formula is C27H25N5O7.